The number of unbranched alkanes of at least 4 members (excludes halogenated alkanes) is 22. The Labute approximate surface area is 418 Å². The molecule has 0 aromatic carbocycles. The number of carbonyl (C=O) groups is 4. The second-order valence-electron chi connectivity index (χ2n) is 19.9. The minimum atomic E-state index is -0.339. The third-order valence-corrected chi connectivity index (χ3v) is 13.5. The van der Waals surface area contributed by atoms with E-state index in [1.54, 1.807) is 0 Å². The molecule has 1 aliphatic rings. The van der Waals surface area contributed by atoms with Crippen LogP contribution >= 0.6 is 0 Å². The Morgan fingerprint density at radius 1 is 0.441 bits per heavy atom. The lowest BCUT2D eigenvalue weighted by Crippen LogP contribution is -2.36. The topological polar surface area (TPSA) is 136 Å². The largest absolute Gasteiger partial charge is 0.466 e. The molecule has 0 saturated carbocycles. The van der Waals surface area contributed by atoms with Gasteiger partial charge in [0.25, 0.3) is 0 Å². The van der Waals surface area contributed by atoms with E-state index in [1.165, 1.54) is 141 Å². The number of hydrogen-bond donors (Lipinski definition) is 2. The van der Waals surface area contributed by atoms with Crippen molar-refractivity contribution >= 4 is 24.1 Å². The summed E-state index contributed by atoms with van der Waals surface area (Å²) in [5.41, 5.74) is 0. The van der Waals surface area contributed by atoms with Gasteiger partial charge in [0.1, 0.15) is 12.2 Å². The molecule has 0 aliphatic carbocycles. The van der Waals surface area contributed by atoms with Crippen molar-refractivity contribution in [2.24, 2.45) is 0 Å². The van der Waals surface area contributed by atoms with E-state index in [0.29, 0.717) is 65.1 Å². The highest BCUT2D eigenvalue weighted by Gasteiger charge is 2.18. The maximum absolute atomic E-state index is 12.7. The first-order valence-corrected chi connectivity index (χ1v) is 29.0. The van der Waals surface area contributed by atoms with E-state index in [0.717, 1.165) is 77.5 Å². The van der Waals surface area contributed by atoms with Crippen molar-refractivity contribution in [2.45, 2.75) is 271 Å². The van der Waals surface area contributed by atoms with Gasteiger partial charge in [-0.2, -0.15) is 0 Å². The van der Waals surface area contributed by atoms with Gasteiger partial charge >= 0.3 is 24.1 Å². The van der Waals surface area contributed by atoms with Crippen molar-refractivity contribution in [3.8, 4) is 0 Å². The molecule has 400 valence electrons. The van der Waals surface area contributed by atoms with Gasteiger partial charge in [0.2, 0.25) is 0 Å². The van der Waals surface area contributed by atoms with Crippen molar-refractivity contribution < 1.29 is 38.1 Å². The molecule has 1 aliphatic heterocycles. The first-order valence-electron chi connectivity index (χ1n) is 29.0. The molecule has 0 unspecified atom stereocenters. The Kier molecular flexibility index (Phi) is 44.8. The van der Waals surface area contributed by atoms with Crippen LogP contribution in [0.25, 0.3) is 0 Å². The highest BCUT2D eigenvalue weighted by Crippen LogP contribution is 2.19. The second-order valence-corrected chi connectivity index (χ2v) is 19.9. The van der Waals surface area contributed by atoms with Crippen LogP contribution in [0.3, 0.4) is 0 Å². The van der Waals surface area contributed by atoms with Gasteiger partial charge in [-0.1, -0.05) is 156 Å². The monoisotopic (exact) mass is 965 g/mol. The van der Waals surface area contributed by atoms with Crippen LogP contribution in [0.15, 0.2) is 0 Å². The van der Waals surface area contributed by atoms with Crippen LogP contribution < -0.4 is 10.6 Å². The molecule has 0 spiro atoms. The fraction of sp³-hybridized carbons (Fsp3) is 0.929. The van der Waals surface area contributed by atoms with E-state index < -0.39 is 0 Å². The molecule has 2 amide bonds. The first-order chi connectivity index (χ1) is 33.3. The average molecular weight is 965 g/mol. The standard InChI is InChI=1S/C56H108N4O8/c1-5-9-13-17-21-25-35-51(36-26-22-18-14-10-6-2)67-55(63)57-41-29-33-49-65-53(61)39-45-60(48-47-59-43-31-32-44-59)46-40-54(62)66-50-34-30-42-58-56(64)68-52(37-27-23-19-15-11-7-3)38-28-24-20-16-12-8-4/h51-52H,5-50H2,1-4H3,(H,57,63)(H,58,64). The number of amides is 2. The van der Waals surface area contributed by atoms with Gasteiger partial charge in [-0.3, -0.25) is 9.59 Å². The molecule has 0 aromatic heterocycles. The highest BCUT2D eigenvalue weighted by atomic mass is 16.6. The smallest absolute Gasteiger partial charge is 0.407 e. The molecule has 0 aromatic rings. The number of alkyl carbamates (subject to hydrolysis) is 2. The third kappa shape index (κ3) is 41.2. The number of ether oxygens (including phenoxy) is 4. The summed E-state index contributed by atoms with van der Waals surface area (Å²) in [5, 5.41) is 5.84. The summed E-state index contributed by atoms with van der Waals surface area (Å²) in [4.78, 5) is 55.5. The van der Waals surface area contributed by atoms with E-state index in [9.17, 15) is 19.2 Å². The fourth-order valence-electron chi connectivity index (χ4n) is 8.99. The SMILES string of the molecule is CCCCCCCCC(CCCCCCCC)OC(=O)NCCCCOC(=O)CCN(CCC(=O)OCCCCNC(=O)OC(CCCCCCCC)CCCCCCCC)CCN1CCCC1. The summed E-state index contributed by atoms with van der Waals surface area (Å²) in [6.45, 7) is 15.5. The third-order valence-electron chi connectivity index (χ3n) is 13.5. The Morgan fingerprint density at radius 2 is 0.779 bits per heavy atom. The first kappa shape index (κ1) is 63.4. The Hall–Kier alpha value is -2.60. The quantitative estimate of drug-likeness (QED) is 0.0345. The Bertz CT molecular complexity index is 1060. The number of hydrogen-bond acceptors (Lipinski definition) is 10. The van der Waals surface area contributed by atoms with E-state index in [-0.39, 0.29) is 49.2 Å². The van der Waals surface area contributed by atoms with Crippen LogP contribution in [0.2, 0.25) is 0 Å². The number of likely N-dealkylation sites (tertiary alicyclic amines) is 1. The van der Waals surface area contributed by atoms with E-state index in [2.05, 4.69) is 48.1 Å². The van der Waals surface area contributed by atoms with Crippen molar-refractivity contribution in [1.82, 2.24) is 20.4 Å². The minimum Gasteiger partial charge on any atom is -0.466 e. The van der Waals surface area contributed by atoms with Gasteiger partial charge < -0.3 is 39.4 Å². The fourth-order valence-corrected chi connectivity index (χ4v) is 8.99. The summed E-state index contributed by atoms with van der Waals surface area (Å²) in [5.74, 6) is -0.496. The average Bonchev–Trinajstić information content (AvgIpc) is 3.86. The van der Waals surface area contributed by atoms with E-state index in [1.807, 2.05) is 0 Å². The maximum Gasteiger partial charge on any atom is 0.407 e. The molecule has 12 nitrogen and oxygen atoms in total. The predicted octanol–water partition coefficient (Wildman–Crippen LogP) is 14.0. The molecule has 2 N–H and O–H groups in total. The summed E-state index contributed by atoms with van der Waals surface area (Å²) in [6.07, 6.45) is 38.2. The minimum absolute atomic E-state index is 0.0242. The lowest BCUT2D eigenvalue weighted by Gasteiger charge is -2.24. The van der Waals surface area contributed by atoms with Crippen LogP contribution in [-0.4, -0.2) is 112 Å². The summed E-state index contributed by atoms with van der Waals surface area (Å²) >= 11 is 0. The Morgan fingerprint density at radius 3 is 1.13 bits per heavy atom. The molecule has 0 radical (unpaired) electrons. The Balaban J connectivity index is 2.35. The molecule has 1 heterocycles. The molecule has 1 saturated heterocycles. The molecular formula is C56H108N4O8. The number of nitrogens with one attached hydrogen (secondary N) is 2. The number of nitrogens with zero attached hydrogens (tertiary/aromatic N) is 2. The van der Waals surface area contributed by atoms with Gasteiger partial charge in [0, 0.05) is 39.3 Å². The zero-order valence-electron chi connectivity index (χ0n) is 44.8. The highest BCUT2D eigenvalue weighted by molar-refractivity contribution is 5.70. The zero-order chi connectivity index (χ0) is 49.4. The van der Waals surface area contributed by atoms with Gasteiger partial charge in [-0.15, -0.1) is 0 Å². The van der Waals surface area contributed by atoms with E-state index in [4.69, 9.17) is 18.9 Å². The summed E-state index contributed by atoms with van der Waals surface area (Å²) < 4.78 is 22.9. The van der Waals surface area contributed by atoms with Crippen LogP contribution in [0.1, 0.15) is 259 Å². The van der Waals surface area contributed by atoms with Crippen molar-refractivity contribution in [3.63, 3.8) is 0 Å². The molecule has 68 heavy (non-hydrogen) atoms. The lowest BCUT2D eigenvalue weighted by molar-refractivity contribution is -0.144. The molecule has 0 atom stereocenters. The van der Waals surface area contributed by atoms with Crippen LogP contribution in [0.4, 0.5) is 9.59 Å². The van der Waals surface area contributed by atoms with Crippen LogP contribution in [0, 0.1) is 0 Å². The number of carbonyl (C=O) groups excluding carboxylic acids is 4. The maximum atomic E-state index is 12.7. The normalized spacial score (nSPS) is 12.9. The lowest BCUT2D eigenvalue weighted by atomic mass is 10.0. The van der Waals surface area contributed by atoms with Crippen LogP contribution in [0.5, 0.6) is 0 Å². The molecule has 1 fully saturated rings. The van der Waals surface area contributed by atoms with Crippen molar-refractivity contribution in [1.29, 1.82) is 0 Å². The predicted molar refractivity (Wildman–Crippen MR) is 280 cm³/mol. The van der Waals surface area contributed by atoms with Crippen molar-refractivity contribution in [3.05, 3.63) is 0 Å². The number of rotatable bonds is 49. The summed E-state index contributed by atoms with van der Waals surface area (Å²) in [7, 11) is 0. The van der Waals surface area contributed by atoms with Gasteiger partial charge in [0.05, 0.1) is 26.1 Å². The molecule has 12 heteroatoms. The van der Waals surface area contributed by atoms with Gasteiger partial charge in [0.15, 0.2) is 0 Å². The van der Waals surface area contributed by atoms with Crippen LogP contribution in [-0.2, 0) is 28.5 Å². The molecular weight excluding hydrogens is 857 g/mol. The van der Waals surface area contributed by atoms with Gasteiger partial charge in [-0.05, 0) is 103 Å². The molecule has 0 bridgehead atoms. The van der Waals surface area contributed by atoms with Crippen molar-refractivity contribution in [2.75, 3.05) is 65.6 Å². The summed E-state index contributed by atoms with van der Waals surface area (Å²) in [6, 6.07) is 0. The second kappa shape index (κ2) is 48.0. The number of esters is 2. The van der Waals surface area contributed by atoms with E-state index >= 15 is 0 Å². The molecule has 1 rings (SSSR count). The van der Waals surface area contributed by atoms with Gasteiger partial charge in [-0.25, -0.2) is 9.59 Å². The zero-order valence-corrected chi connectivity index (χ0v) is 44.8.